The highest BCUT2D eigenvalue weighted by atomic mass is 32.2. The molecule has 26 heavy (non-hydrogen) atoms. The number of hydrogen-bond acceptors (Lipinski definition) is 5. The van der Waals surface area contributed by atoms with E-state index in [1.54, 1.807) is 18.2 Å². The van der Waals surface area contributed by atoms with Gasteiger partial charge in [0.05, 0.1) is 12.7 Å². The molecule has 0 aliphatic carbocycles. The Kier molecular flexibility index (Phi) is 5.81. The number of anilines is 1. The molecule has 0 amide bonds. The van der Waals surface area contributed by atoms with Crippen molar-refractivity contribution in [1.82, 2.24) is 0 Å². The van der Waals surface area contributed by atoms with Gasteiger partial charge in [-0.15, -0.1) is 0 Å². The summed E-state index contributed by atoms with van der Waals surface area (Å²) in [4.78, 5) is 13.5. The molecule has 0 saturated carbocycles. The molecular formula is C21H19NO3S. The summed E-state index contributed by atoms with van der Waals surface area (Å²) < 4.78 is 10.6. The lowest BCUT2D eigenvalue weighted by molar-refractivity contribution is 0.0597. The first-order valence-electron chi connectivity index (χ1n) is 8.09. The van der Waals surface area contributed by atoms with Crippen molar-refractivity contribution in [1.29, 1.82) is 0 Å². The van der Waals surface area contributed by atoms with Crippen molar-refractivity contribution in [2.45, 2.75) is 16.4 Å². The number of carbonyl (C=O) groups excluding carboxylic acids is 1. The van der Waals surface area contributed by atoms with Crippen LogP contribution in [-0.2, 0) is 11.3 Å². The largest absolute Gasteiger partial charge is 0.489 e. The standard InChI is InChI=1S/C21H19NO3S/c1-24-21(23)17-9-5-6-10-19(17)26-20-12-11-16(13-18(20)22)25-14-15-7-3-2-4-8-15/h2-13H,14,22H2,1H3. The van der Waals surface area contributed by atoms with Gasteiger partial charge in [-0.1, -0.05) is 54.2 Å². The van der Waals surface area contributed by atoms with Crippen LogP contribution in [0.2, 0.25) is 0 Å². The van der Waals surface area contributed by atoms with Crippen molar-refractivity contribution in [2.24, 2.45) is 0 Å². The van der Waals surface area contributed by atoms with Gasteiger partial charge in [-0.2, -0.15) is 0 Å². The Morgan fingerprint density at radius 1 is 0.962 bits per heavy atom. The summed E-state index contributed by atoms with van der Waals surface area (Å²) in [5, 5.41) is 0. The van der Waals surface area contributed by atoms with Crippen LogP contribution in [0, 0.1) is 0 Å². The van der Waals surface area contributed by atoms with Crippen LogP contribution in [-0.4, -0.2) is 13.1 Å². The second-order valence-corrected chi connectivity index (χ2v) is 6.65. The van der Waals surface area contributed by atoms with E-state index in [-0.39, 0.29) is 5.97 Å². The van der Waals surface area contributed by atoms with E-state index in [2.05, 4.69) is 0 Å². The highest BCUT2D eigenvalue weighted by molar-refractivity contribution is 7.99. The molecule has 3 aromatic carbocycles. The van der Waals surface area contributed by atoms with Gasteiger partial charge in [0.2, 0.25) is 0 Å². The van der Waals surface area contributed by atoms with Gasteiger partial charge in [-0.05, 0) is 29.8 Å². The lowest BCUT2D eigenvalue weighted by atomic mass is 10.2. The second-order valence-electron chi connectivity index (χ2n) is 5.56. The van der Waals surface area contributed by atoms with Crippen molar-refractivity contribution in [3.8, 4) is 5.75 Å². The van der Waals surface area contributed by atoms with Gasteiger partial charge in [0.1, 0.15) is 12.4 Å². The monoisotopic (exact) mass is 365 g/mol. The molecule has 0 bridgehead atoms. The number of nitrogens with two attached hydrogens (primary N) is 1. The second kappa shape index (κ2) is 8.45. The van der Waals surface area contributed by atoms with Crippen molar-refractivity contribution >= 4 is 23.4 Å². The molecule has 2 N–H and O–H groups in total. The van der Waals surface area contributed by atoms with Crippen molar-refractivity contribution in [3.63, 3.8) is 0 Å². The lowest BCUT2D eigenvalue weighted by Crippen LogP contribution is -2.03. The molecule has 4 nitrogen and oxygen atoms in total. The summed E-state index contributed by atoms with van der Waals surface area (Å²) in [5.41, 5.74) is 8.39. The lowest BCUT2D eigenvalue weighted by Gasteiger charge is -2.11. The SMILES string of the molecule is COC(=O)c1ccccc1Sc1ccc(OCc2ccccc2)cc1N. The fourth-order valence-corrected chi connectivity index (χ4v) is 3.36. The van der Waals surface area contributed by atoms with Crippen LogP contribution in [0.25, 0.3) is 0 Å². The van der Waals surface area contributed by atoms with Gasteiger partial charge < -0.3 is 15.2 Å². The molecule has 5 heteroatoms. The number of rotatable bonds is 6. The Morgan fingerprint density at radius 3 is 2.42 bits per heavy atom. The Morgan fingerprint density at radius 2 is 1.69 bits per heavy atom. The van der Waals surface area contributed by atoms with Gasteiger partial charge in [-0.3, -0.25) is 0 Å². The number of methoxy groups -OCH3 is 1. The van der Waals surface area contributed by atoms with E-state index in [1.807, 2.05) is 54.6 Å². The smallest absolute Gasteiger partial charge is 0.339 e. The summed E-state index contributed by atoms with van der Waals surface area (Å²) >= 11 is 1.43. The number of esters is 1. The first kappa shape index (κ1) is 17.9. The summed E-state index contributed by atoms with van der Waals surface area (Å²) in [6.45, 7) is 0.484. The zero-order chi connectivity index (χ0) is 18.4. The number of ether oxygens (including phenoxy) is 2. The van der Waals surface area contributed by atoms with E-state index in [9.17, 15) is 4.79 Å². The third-order valence-corrected chi connectivity index (χ3v) is 4.91. The normalized spacial score (nSPS) is 10.3. The Bertz CT molecular complexity index is 897. The Balaban J connectivity index is 1.73. The third kappa shape index (κ3) is 4.37. The minimum absolute atomic E-state index is 0.366. The average molecular weight is 365 g/mol. The zero-order valence-electron chi connectivity index (χ0n) is 14.3. The van der Waals surface area contributed by atoms with E-state index < -0.39 is 0 Å². The highest BCUT2D eigenvalue weighted by Gasteiger charge is 2.13. The molecule has 3 aromatic rings. The summed E-state index contributed by atoms with van der Waals surface area (Å²) in [6.07, 6.45) is 0. The Hall–Kier alpha value is -2.92. The number of hydrogen-bond donors (Lipinski definition) is 1. The number of benzene rings is 3. The predicted molar refractivity (Wildman–Crippen MR) is 104 cm³/mol. The molecule has 0 unspecified atom stereocenters. The maximum Gasteiger partial charge on any atom is 0.339 e. The first-order chi connectivity index (χ1) is 12.7. The topological polar surface area (TPSA) is 61.5 Å². The molecule has 0 fully saturated rings. The van der Waals surface area contributed by atoms with Gasteiger partial charge in [0.15, 0.2) is 0 Å². The van der Waals surface area contributed by atoms with Gasteiger partial charge in [0, 0.05) is 21.5 Å². The van der Waals surface area contributed by atoms with Crippen LogP contribution in [0.3, 0.4) is 0 Å². The van der Waals surface area contributed by atoms with Crippen molar-refractivity contribution < 1.29 is 14.3 Å². The molecule has 3 rings (SSSR count). The highest BCUT2D eigenvalue weighted by Crippen LogP contribution is 2.36. The van der Waals surface area contributed by atoms with E-state index in [1.165, 1.54) is 18.9 Å². The first-order valence-corrected chi connectivity index (χ1v) is 8.90. The number of nitrogen functional groups attached to an aromatic ring is 1. The quantitative estimate of drug-likeness (QED) is 0.503. The van der Waals surface area contributed by atoms with Gasteiger partial charge >= 0.3 is 5.97 Å². The predicted octanol–water partition coefficient (Wildman–Crippen LogP) is 4.79. The molecule has 0 heterocycles. The van der Waals surface area contributed by atoms with Crippen LogP contribution in [0.5, 0.6) is 5.75 Å². The minimum atomic E-state index is -0.366. The van der Waals surface area contributed by atoms with E-state index in [4.69, 9.17) is 15.2 Å². The molecule has 0 aromatic heterocycles. The molecule has 0 saturated heterocycles. The molecule has 0 radical (unpaired) electrons. The molecule has 0 aliphatic heterocycles. The molecule has 0 atom stereocenters. The fourth-order valence-electron chi connectivity index (χ4n) is 2.40. The van der Waals surface area contributed by atoms with Crippen LogP contribution in [0.1, 0.15) is 15.9 Å². The molecular weight excluding hydrogens is 346 g/mol. The maximum absolute atomic E-state index is 11.9. The summed E-state index contributed by atoms with van der Waals surface area (Å²) in [6, 6.07) is 22.8. The average Bonchev–Trinajstić information content (AvgIpc) is 2.69. The van der Waals surface area contributed by atoms with Gasteiger partial charge in [0.25, 0.3) is 0 Å². The van der Waals surface area contributed by atoms with Crippen LogP contribution in [0.15, 0.2) is 82.6 Å². The minimum Gasteiger partial charge on any atom is -0.489 e. The molecule has 0 aliphatic rings. The summed E-state index contributed by atoms with van der Waals surface area (Å²) in [5.74, 6) is 0.339. The van der Waals surface area contributed by atoms with Crippen LogP contribution in [0.4, 0.5) is 5.69 Å². The van der Waals surface area contributed by atoms with Crippen LogP contribution >= 0.6 is 11.8 Å². The zero-order valence-corrected chi connectivity index (χ0v) is 15.2. The summed E-state index contributed by atoms with van der Waals surface area (Å²) in [7, 11) is 1.37. The maximum atomic E-state index is 11.9. The Labute approximate surface area is 156 Å². The van der Waals surface area contributed by atoms with E-state index in [0.29, 0.717) is 23.6 Å². The third-order valence-electron chi connectivity index (χ3n) is 3.74. The van der Waals surface area contributed by atoms with Crippen molar-refractivity contribution in [2.75, 3.05) is 12.8 Å². The van der Waals surface area contributed by atoms with Gasteiger partial charge in [-0.25, -0.2) is 4.79 Å². The van der Waals surface area contributed by atoms with Crippen LogP contribution < -0.4 is 10.5 Å². The van der Waals surface area contributed by atoms with Crippen molar-refractivity contribution in [3.05, 3.63) is 83.9 Å². The van der Waals surface area contributed by atoms with E-state index in [0.717, 1.165) is 15.4 Å². The van der Waals surface area contributed by atoms with E-state index >= 15 is 0 Å². The molecule has 0 spiro atoms. The fraction of sp³-hybridized carbons (Fsp3) is 0.0952. The molecule has 132 valence electrons. The number of carbonyl (C=O) groups is 1.